The third-order valence-corrected chi connectivity index (χ3v) is 7.95. The maximum atomic E-state index is 13.2. The summed E-state index contributed by atoms with van der Waals surface area (Å²) in [4.78, 5) is 18.0. The lowest BCUT2D eigenvalue weighted by Gasteiger charge is -2.29. The lowest BCUT2D eigenvalue weighted by atomic mass is 10.0. The molecule has 0 bridgehead atoms. The van der Waals surface area contributed by atoms with Gasteiger partial charge in [0, 0.05) is 35.8 Å². The summed E-state index contributed by atoms with van der Waals surface area (Å²) in [5.74, 6) is -0.0502. The number of nitrogens with one attached hydrogen (secondary N) is 3. The fraction of sp³-hybridized carbons (Fsp3) is 0.414. The fourth-order valence-electron chi connectivity index (χ4n) is 4.48. The van der Waals surface area contributed by atoms with Gasteiger partial charge in [-0.05, 0) is 86.5 Å². The fourth-order valence-corrected chi connectivity index (χ4v) is 5.41. The van der Waals surface area contributed by atoms with Gasteiger partial charge in [-0.2, -0.15) is 0 Å². The summed E-state index contributed by atoms with van der Waals surface area (Å²) in [7, 11) is 0. The quantitative estimate of drug-likeness (QED) is 0.406. The second-order valence-electron chi connectivity index (χ2n) is 9.61. The first-order valence-electron chi connectivity index (χ1n) is 12.7. The van der Waals surface area contributed by atoms with Crippen molar-refractivity contribution in [3.63, 3.8) is 0 Å². The van der Waals surface area contributed by atoms with E-state index in [4.69, 9.17) is 0 Å². The second-order valence-corrected chi connectivity index (χ2v) is 10.8. The van der Waals surface area contributed by atoms with Gasteiger partial charge in [-0.15, -0.1) is 0 Å². The van der Waals surface area contributed by atoms with Crippen LogP contribution in [0.4, 0.5) is 5.69 Å². The Bertz CT molecular complexity index is 1090. The molecule has 0 saturated carbocycles. The third-order valence-electron chi connectivity index (χ3n) is 6.85. The van der Waals surface area contributed by atoms with Crippen molar-refractivity contribution in [1.82, 2.24) is 15.5 Å². The molecule has 2 saturated heterocycles. The molecule has 2 fully saturated rings. The lowest BCUT2D eigenvalue weighted by molar-refractivity contribution is 0.0939. The standard InChI is InChI=1S/C29H38N4OS/c1-5-27(19-33-13-6-7-14-33)35-22(4)24-10-8-9-23(15-24)21(3)31-29(34)28-16-25(12-11-20(28)2)32-26-17-30-18-26/h5,8-12,15-16,21,26,30,32H,4,6-7,13-14,17-19H2,1-3H3,(H,31,34)/b27-5-. The zero-order chi connectivity index (χ0) is 24.8. The maximum absolute atomic E-state index is 13.2. The minimum absolute atomic E-state index is 0.0502. The molecule has 6 heteroatoms. The molecule has 1 amide bonds. The van der Waals surface area contributed by atoms with Crippen molar-refractivity contribution in [1.29, 1.82) is 0 Å². The first kappa shape index (κ1) is 25.5. The van der Waals surface area contributed by atoms with Crippen LogP contribution in [0.15, 0.2) is 60.0 Å². The number of anilines is 1. The van der Waals surface area contributed by atoms with Gasteiger partial charge in [0.1, 0.15) is 0 Å². The van der Waals surface area contributed by atoms with Crippen molar-refractivity contribution in [2.45, 2.75) is 45.7 Å². The average Bonchev–Trinajstić information content (AvgIpc) is 3.35. The highest BCUT2D eigenvalue weighted by Crippen LogP contribution is 2.34. The largest absolute Gasteiger partial charge is 0.380 e. The van der Waals surface area contributed by atoms with Crippen molar-refractivity contribution in [3.05, 3.63) is 82.3 Å². The van der Waals surface area contributed by atoms with E-state index >= 15 is 0 Å². The summed E-state index contributed by atoms with van der Waals surface area (Å²) >= 11 is 1.76. The SMILES string of the molecule is C=C(S/C(=C\C)CN1CCCC1)c1cccc(C(C)NC(=O)c2cc(NC3CNC3)ccc2C)c1. The van der Waals surface area contributed by atoms with Gasteiger partial charge in [0.25, 0.3) is 5.91 Å². The Morgan fingerprint density at radius 2 is 2.00 bits per heavy atom. The number of hydrogen-bond acceptors (Lipinski definition) is 5. The number of amides is 1. The number of likely N-dealkylation sites (tertiary alicyclic amines) is 1. The predicted molar refractivity (Wildman–Crippen MR) is 150 cm³/mol. The lowest BCUT2D eigenvalue weighted by Crippen LogP contribution is -2.51. The van der Waals surface area contributed by atoms with Crippen molar-refractivity contribution in [2.24, 2.45) is 0 Å². The molecule has 2 aromatic rings. The molecule has 3 N–H and O–H groups in total. The Labute approximate surface area is 214 Å². The molecule has 2 heterocycles. The third kappa shape index (κ3) is 6.78. The van der Waals surface area contributed by atoms with E-state index in [2.05, 4.69) is 64.7 Å². The molecule has 186 valence electrons. The van der Waals surface area contributed by atoms with E-state index in [1.165, 1.54) is 30.8 Å². The summed E-state index contributed by atoms with van der Waals surface area (Å²) in [5, 5.41) is 9.94. The van der Waals surface area contributed by atoms with E-state index in [0.29, 0.717) is 11.6 Å². The Balaban J connectivity index is 1.39. The van der Waals surface area contributed by atoms with Gasteiger partial charge in [-0.25, -0.2) is 0 Å². The highest BCUT2D eigenvalue weighted by molar-refractivity contribution is 8.11. The van der Waals surface area contributed by atoms with Crippen molar-refractivity contribution >= 4 is 28.3 Å². The number of hydrogen-bond donors (Lipinski definition) is 3. The number of nitrogens with zero attached hydrogens (tertiary/aromatic N) is 1. The first-order valence-corrected chi connectivity index (χ1v) is 13.5. The van der Waals surface area contributed by atoms with Gasteiger partial charge in [-0.3, -0.25) is 9.69 Å². The Morgan fingerprint density at radius 3 is 2.69 bits per heavy atom. The second kappa shape index (κ2) is 11.9. The average molecular weight is 491 g/mol. The zero-order valence-corrected chi connectivity index (χ0v) is 22.0. The topological polar surface area (TPSA) is 56.4 Å². The molecule has 2 aliphatic rings. The molecule has 1 unspecified atom stereocenters. The predicted octanol–water partition coefficient (Wildman–Crippen LogP) is 5.57. The molecule has 35 heavy (non-hydrogen) atoms. The van der Waals surface area contributed by atoms with Crippen LogP contribution in [0.5, 0.6) is 0 Å². The van der Waals surface area contributed by atoms with Crippen molar-refractivity contribution in [2.75, 3.05) is 38.0 Å². The Morgan fingerprint density at radius 1 is 1.23 bits per heavy atom. The van der Waals surface area contributed by atoms with Gasteiger partial charge in [0.15, 0.2) is 0 Å². The number of carbonyl (C=O) groups is 1. The van der Waals surface area contributed by atoms with Gasteiger partial charge < -0.3 is 16.0 Å². The summed E-state index contributed by atoms with van der Waals surface area (Å²) in [5.41, 5.74) is 4.86. The van der Waals surface area contributed by atoms with E-state index in [-0.39, 0.29) is 11.9 Å². The summed E-state index contributed by atoms with van der Waals surface area (Å²) in [6.07, 6.45) is 4.80. The van der Waals surface area contributed by atoms with E-state index in [1.807, 2.05) is 32.0 Å². The smallest absolute Gasteiger partial charge is 0.252 e. The van der Waals surface area contributed by atoms with Crippen LogP contribution in [0, 0.1) is 6.92 Å². The molecule has 1 atom stereocenters. The summed E-state index contributed by atoms with van der Waals surface area (Å²) < 4.78 is 0. The molecule has 2 aromatic carbocycles. The molecular weight excluding hydrogens is 452 g/mol. The van der Waals surface area contributed by atoms with Crippen LogP contribution in [0.1, 0.15) is 59.8 Å². The van der Waals surface area contributed by atoms with E-state index in [1.54, 1.807) is 11.8 Å². The minimum Gasteiger partial charge on any atom is -0.380 e. The van der Waals surface area contributed by atoms with Gasteiger partial charge in [-0.1, -0.05) is 48.7 Å². The van der Waals surface area contributed by atoms with Crippen molar-refractivity contribution < 1.29 is 4.79 Å². The molecular formula is C29H38N4OS. The molecule has 0 radical (unpaired) electrons. The minimum atomic E-state index is -0.113. The van der Waals surface area contributed by atoms with Crippen molar-refractivity contribution in [3.8, 4) is 0 Å². The first-order chi connectivity index (χ1) is 16.9. The zero-order valence-electron chi connectivity index (χ0n) is 21.2. The summed E-state index contributed by atoms with van der Waals surface area (Å²) in [6, 6.07) is 14.7. The number of benzene rings is 2. The number of thioether (sulfide) groups is 1. The monoisotopic (exact) mass is 490 g/mol. The number of aryl methyl sites for hydroxylation is 1. The highest BCUT2D eigenvalue weighted by atomic mass is 32.2. The molecule has 0 spiro atoms. The molecule has 4 rings (SSSR count). The Hall–Kier alpha value is -2.54. The Kier molecular flexibility index (Phi) is 8.71. The van der Waals surface area contributed by atoms with Crippen LogP contribution in [0.2, 0.25) is 0 Å². The van der Waals surface area contributed by atoms with Crippen LogP contribution < -0.4 is 16.0 Å². The van der Waals surface area contributed by atoms with Gasteiger partial charge in [0.2, 0.25) is 0 Å². The summed E-state index contributed by atoms with van der Waals surface area (Å²) in [6.45, 7) is 15.8. The number of rotatable bonds is 10. The van der Waals surface area contributed by atoms with Crippen LogP contribution in [0.3, 0.4) is 0 Å². The number of allylic oxidation sites excluding steroid dienone is 1. The van der Waals surface area contributed by atoms with E-state index in [9.17, 15) is 4.79 Å². The number of carbonyl (C=O) groups excluding carboxylic acids is 1. The van der Waals surface area contributed by atoms with Crippen LogP contribution in [-0.4, -0.2) is 49.6 Å². The molecule has 2 aliphatic heterocycles. The normalized spacial score (nSPS) is 17.6. The van der Waals surface area contributed by atoms with E-state index in [0.717, 1.165) is 46.9 Å². The van der Waals surface area contributed by atoms with Gasteiger partial charge in [0.05, 0.1) is 12.1 Å². The van der Waals surface area contributed by atoms with Crippen LogP contribution in [-0.2, 0) is 0 Å². The maximum Gasteiger partial charge on any atom is 0.252 e. The molecule has 5 nitrogen and oxygen atoms in total. The van der Waals surface area contributed by atoms with Crippen LogP contribution in [0.25, 0.3) is 4.91 Å². The molecule has 0 aliphatic carbocycles. The highest BCUT2D eigenvalue weighted by Gasteiger charge is 2.19. The van der Waals surface area contributed by atoms with Gasteiger partial charge >= 0.3 is 0 Å². The van der Waals surface area contributed by atoms with E-state index < -0.39 is 0 Å². The van der Waals surface area contributed by atoms with Crippen LogP contribution >= 0.6 is 11.8 Å². The molecule has 0 aromatic heterocycles.